The molecule has 2 fully saturated rings. The van der Waals surface area contributed by atoms with Gasteiger partial charge in [0.05, 0.1) is 6.54 Å². The van der Waals surface area contributed by atoms with E-state index >= 15 is 0 Å². The monoisotopic (exact) mass is 341 g/mol. The van der Waals surface area contributed by atoms with E-state index in [1.165, 1.54) is 25.7 Å². The van der Waals surface area contributed by atoms with E-state index < -0.39 is 0 Å². The maximum atomic E-state index is 12.6. The third kappa shape index (κ3) is 3.78. The number of amides is 1. The molecular weight excluding hydrogens is 318 g/mol. The van der Waals surface area contributed by atoms with Gasteiger partial charge in [0, 0.05) is 28.4 Å². The van der Waals surface area contributed by atoms with Crippen molar-refractivity contribution in [2.45, 2.75) is 45.2 Å². The summed E-state index contributed by atoms with van der Waals surface area (Å²) < 4.78 is 0. The Kier molecular flexibility index (Phi) is 4.27. The van der Waals surface area contributed by atoms with Crippen LogP contribution in [0.2, 0.25) is 0 Å². The number of hydrogen-bond acceptors (Lipinski definition) is 4. The van der Waals surface area contributed by atoms with Crippen LogP contribution in [0, 0.1) is 18.8 Å². The second-order valence-electron chi connectivity index (χ2n) is 6.99. The van der Waals surface area contributed by atoms with Gasteiger partial charge < -0.3 is 10.6 Å². The topological polar surface area (TPSA) is 54.0 Å². The van der Waals surface area contributed by atoms with Gasteiger partial charge in [-0.05, 0) is 62.6 Å². The van der Waals surface area contributed by atoms with Crippen molar-refractivity contribution in [3.05, 3.63) is 45.9 Å². The normalized spacial score (nSPS) is 17.1. The number of aryl methyl sites for hydroxylation is 1. The predicted molar refractivity (Wildman–Crippen MR) is 97.3 cm³/mol. The van der Waals surface area contributed by atoms with Crippen LogP contribution in [0.4, 0.5) is 5.69 Å². The average molecular weight is 341 g/mol. The number of aromatic nitrogens is 1. The Morgan fingerprint density at radius 2 is 2.04 bits per heavy atom. The van der Waals surface area contributed by atoms with E-state index in [1.54, 1.807) is 11.3 Å². The molecule has 4 rings (SSSR count). The van der Waals surface area contributed by atoms with E-state index in [-0.39, 0.29) is 5.91 Å². The Hall–Kier alpha value is -1.88. The number of benzene rings is 1. The fourth-order valence-corrected chi connectivity index (χ4v) is 3.91. The SMILES string of the molecule is Cc1csc(CNc2cccc(C(=O)NC(C3CC3)C3CC3)c2)n1. The number of nitrogens with one attached hydrogen (secondary N) is 2. The molecule has 1 aromatic carbocycles. The Labute approximate surface area is 146 Å². The molecule has 0 spiro atoms. The molecule has 2 N–H and O–H groups in total. The van der Waals surface area contributed by atoms with Gasteiger partial charge in [-0.2, -0.15) is 0 Å². The molecule has 24 heavy (non-hydrogen) atoms. The molecule has 0 aliphatic heterocycles. The number of carbonyl (C=O) groups excluding carboxylic acids is 1. The summed E-state index contributed by atoms with van der Waals surface area (Å²) in [5.41, 5.74) is 2.75. The summed E-state index contributed by atoms with van der Waals surface area (Å²) in [6, 6.07) is 8.16. The maximum absolute atomic E-state index is 12.6. The third-order valence-corrected chi connectivity index (χ3v) is 5.76. The molecule has 2 aliphatic rings. The molecule has 126 valence electrons. The highest BCUT2D eigenvalue weighted by Gasteiger charge is 2.42. The quantitative estimate of drug-likeness (QED) is 0.801. The van der Waals surface area contributed by atoms with E-state index in [1.807, 2.05) is 31.2 Å². The van der Waals surface area contributed by atoms with Gasteiger partial charge in [-0.15, -0.1) is 11.3 Å². The lowest BCUT2D eigenvalue weighted by Crippen LogP contribution is -2.38. The van der Waals surface area contributed by atoms with Crippen molar-refractivity contribution in [2.24, 2.45) is 11.8 Å². The van der Waals surface area contributed by atoms with E-state index in [2.05, 4.69) is 21.0 Å². The van der Waals surface area contributed by atoms with E-state index in [0.717, 1.165) is 33.8 Å². The summed E-state index contributed by atoms with van der Waals surface area (Å²) in [6.07, 6.45) is 5.10. The fourth-order valence-electron chi connectivity index (χ4n) is 3.20. The minimum absolute atomic E-state index is 0.0625. The van der Waals surface area contributed by atoms with Crippen LogP contribution in [0.1, 0.15) is 46.7 Å². The Bertz CT molecular complexity index is 722. The highest BCUT2D eigenvalue weighted by atomic mass is 32.1. The third-order valence-electron chi connectivity index (χ3n) is 4.79. The summed E-state index contributed by atoms with van der Waals surface area (Å²) >= 11 is 1.66. The van der Waals surface area contributed by atoms with Crippen LogP contribution < -0.4 is 10.6 Å². The standard InChI is InChI=1S/C19H23N3OS/c1-12-11-24-17(21-12)10-20-16-4-2-3-15(9-16)19(23)22-18(13-5-6-13)14-7-8-14/h2-4,9,11,13-14,18,20H,5-8,10H2,1H3,(H,22,23). The lowest BCUT2D eigenvalue weighted by atomic mass is 10.1. The molecule has 0 radical (unpaired) electrons. The Morgan fingerprint density at radius 1 is 1.29 bits per heavy atom. The van der Waals surface area contributed by atoms with E-state index in [0.29, 0.717) is 12.6 Å². The molecule has 2 aromatic rings. The highest BCUT2D eigenvalue weighted by Crippen LogP contribution is 2.44. The zero-order valence-electron chi connectivity index (χ0n) is 13.9. The number of rotatable bonds is 7. The van der Waals surface area contributed by atoms with Crippen molar-refractivity contribution in [3.8, 4) is 0 Å². The van der Waals surface area contributed by atoms with Crippen LogP contribution in [0.25, 0.3) is 0 Å². The molecule has 0 bridgehead atoms. The summed E-state index contributed by atoms with van der Waals surface area (Å²) in [4.78, 5) is 17.1. The Morgan fingerprint density at radius 3 is 2.67 bits per heavy atom. The van der Waals surface area contributed by atoms with Crippen LogP contribution in [0.3, 0.4) is 0 Å². The summed E-state index contributed by atoms with van der Waals surface area (Å²) in [6.45, 7) is 2.69. The lowest BCUT2D eigenvalue weighted by Gasteiger charge is -2.18. The first-order valence-corrected chi connectivity index (χ1v) is 9.63. The smallest absolute Gasteiger partial charge is 0.251 e. The molecule has 4 nitrogen and oxygen atoms in total. The molecule has 1 heterocycles. The van der Waals surface area contributed by atoms with E-state index in [9.17, 15) is 4.79 Å². The zero-order chi connectivity index (χ0) is 16.5. The van der Waals surface area contributed by atoms with Gasteiger partial charge in [0.2, 0.25) is 0 Å². The fraction of sp³-hybridized carbons (Fsp3) is 0.474. The molecule has 2 aliphatic carbocycles. The summed E-state index contributed by atoms with van der Waals surface area (Å²) in [5, 5.41) is 9.76. The summed E-state index contributed by atoms with van der Waals surface area (Å²) in [5.74, 6) is 1.50. The van der Waals surface area contributed by atoms with Crippen LogP contribution in [-0.4, -0.2) is 16.9 Å². The van der Waals surface area contributed by atoms with Gasteiger partial charge in [-0.1, -0.05) is 6.07 Å². The first kappa shape index (κ1) is 15.6. The largest absolute Gasteiger partial charge is 0.379 e. The zero-order valence-corrected chi connectivity index (χ0v) is 14.7. The molecule has 0 atom stereocenters. The van der Waals surface area contributed by atoms with Gasteiger partial charge in [-0.3, -0.25) is 4.79 Å². The maximum Gasteiger partial charge on any atom is 0.251 e. The minimum atomic E-state index is 0.0625. The van der Waals surface area contributed by atoms with Gasteiger partial charge in [0.25, 0.3) is 5.91 Å². The predicted octanol–water partition coefficient (Wildman–Crippen LogP) is 3.98. The van der Waals surface area contributed by atoms with Gasteiger partial charge in [0.15, 0.2) is 0 Å². The highest BCUT2D eigenvalue weighted by molar-refractivity contribution is 7.09. The van der Waals surface area contributed by atoms with Crippen molar-refractivity contribution >= 4 is 22.9 Å². The van der Waals surface area contributed by atoms with Crippen molar-refractivity contribution in [3.63, 3.8) is 0 Å². The minimum Gasteiger partial charge on any atom is -0.379 e. The van der Waals surface area contributed by atoms with Gasteiger partial charge >= 0.3 is 0 Å². The molecular formula is C19H23N3OS. The second-order valence-corrected chi connectivity index (χ2v) is 7.93. The summed E-state index contributed by atoms with van der Waals surface area (Å²) in [7, 11) is 0. The van der Waals surface area contributed by atoms with Crippen LogP contribution in [-0.2, 0) is 6.54 Å². The van der Waals surface area contributed by atoms with Crippen LogP contribution in [0.5, 0.6) is 0 Å². The first-order valence-electron chi connectivity index (χ1n) is 8.75. The van der Waals surface area contributed by atoms with Gasteiger partial charge in [-0.25, -0.2) is 4.98 Å². The molecule has 5 heteroatoms. The number of nitrogens with zero attached hydrogens (tertiary/aromatic N) is 1. The molecule has 1 aromatic heterocycles. The van der Waals surface area contributed by atoms with E-state index in [4.69, 9.17) is 0 Å². The number of anilines is 1. The molecule has 0 saturated heterocycles. The lowest BCUT2D eigenvalue weighted by molar-refractivity contribution is 0.0926. The number of hydrogen-bond donors (Lipinski definition) is 2. The van der Waals surface area contributed by atoms with Gasteiger partial charge in [0.1, 0.15) is 5.01 Å². The molecule has 2 saturated carbocycles. The van der Waals surface area contributed by atoms with Crippen molar-refractivity contribution in [1.82, 2.24) is 10.3 Å². The van der Waals surface area contributed by atoms with Crippen LogP contribution in [0.15, 0.2) is 29.6 Å². The van der Waals surface area contributed by atoms with Crippen LogP contribution >= 0.6 is 11.3 Å². The Balaban J connectivity index is 1.38. The van der Waals surface area contributed by atoms with Crippen molar-refractivity contribution < 1.29 is 4.79 Å². The number of carbonyl (C=O) groups is 1. The molecule has 0 unspecified atom stereocenters. The van der Waals surface area contributed by atoms with Crippen molar-refractivity contribution in [2.75, 3.05) is 5.32 Å². The second kappa shape index (κ2) is 6.55. The molecule has 1 amide bonds. The first-order chi connectivity index (χ1) is 11.7. The number of thiazole rings is 1. The average Bonchev–Trinajstić information content (AvgIpc) is 3.50. The van der Waals surface area contributed by atoms with Crippen molar-refractivity contribution in [1.29, 1.82) is 0 Å².